The lowest BCUT2D eigenvalue weighted by atomic mass is 9.96. The number of aromatic nitrogens is 1. The molecule has 6 aromatic carbocycles. The van der Waals surface area contributed by atoms with Crippen molar-refractivity contribution in [1.82, 2.24) is 4.40 Å². The molecule has 186 valence electrons. The molecule has 0 atom stereocenters. The van der Waals surface area contributed by atoms with Gasteiger partial charge >= 0.3 is 0 Å². The van der Waals surface area contributed by atoms with Crippen molar-refractivity contribution in [3.63, 3.8) is 0 Å². The molecule has 0 N–H and O–H groups in total. The maximum atomic E-state index is 6.42. The highest BCUT2D eigenvalue weighted by Gasteiger charge is 2.21. The van der Waals surface area contributed by atoms with Crippen LogP contribution in [0, 0.1) is 0 Å². The molecule has 0 unspecified atom stereocenters. The van der Waals surface area contributed by atoms with Crippen LogP contribution in [-0.4, -0.2) is 4.40 Å². The van der Waals surface area contributed by atoms with Gasteiger partial charge in [-0.3, -0.25) is 0 Å². The zero-order chi connectivity index (χ0) is 26.2. The fourth-order valence-electron chi connectivity index (χ4n) is 6.51. The Balaban J connectivity index is 1.58. The molecule has 0 aliphatic heterocycles. The van der Waals surface area contributed by atoms with Gasteiger partial charge in [-0.15, -0.1) is 0 Å². The fourth-order valence-corrected chi connectivity index (χ4v) is 6.51. The highest BCUT2D eigenvalue weighted by atomic mass is 16.3. The van der Waals surface area contributed by atoms with Crippen LogP contribution in [0.5, 0.6) is 0 Å². The van der Waals surface area contributed by atoms with E-state index in [1.165, 1.54) is 54.8 Å². The predicted molar refractivity (Wildman–Crippen MR) is 168 cm³/mol. The summed E-state index contributed by atoms with van der Waals surface area (Å²) in [6.45, 7) is 0. The molecule has 0 bridgehead atoms. The SMILES string of the molecule is c1ccc(-c2cc(-c3ccccc3)n3c4cc5oc6ccccc6c5cc4c4cc5ccccc5cc4c23)cc1. The third kappa shape index (κ3) is 2.99. The van der Waals surface area contributed by atoms with E-state index >= 15 is 0 Å². The van der Waals surface area contributed by atoms with Gasteiger partial charge in [-0.25, -0.2) is 0 Å². The topological polar surface area (TPSA) is 17.6 Å². The molecule has 0 saturated heterocycles. The lowest BCUT2D eigenvalue weighted by Crippen LogP contribution is -1.94. The number of hydrogen-bond donors (Lipinski definition) is 0. The molecule has 2 nitrogen and oxygen atoms in total. The van der Waals surface area contributed by atoms with Gasteiger partial charge < -0.3 is 8.82 Å². The van der Waals surface area contributed by atoms with Crippen molar-refractivity contribution in [3.05, 3.63) is 140 Å². The Morgan fingerprint density at radius 2 is 1.07 bits per heavy atom. The van der Waals surface area contributed by atoms with Crippen LogP contribution in [0.25, 0.3) is 82.3 Å². The van der Waals surface area contributed by atoms with E-state index in [9.17, 15) is 0 Å². The minimum Gasteiger partial charge on any atom is -0.456 e. The molecule has 9 rings (SSSR count). The molecule has 2 heteroatoms. The molecule has 0 spiro atoms. The van der Waals surface area contributed by atoms with E-state index in [0.717, 1.165) is 27.5 Å². The van der Waals surface area contributed by atoms with Crippen LogP contribution in [0.2, 0.25) is 0 Å². The maximum Gasteiger partial charge on any atom is 0.137 e. The number of nitrogens with zero attached hydrogens (tertiary/aromatic N) is 1. The molecule has 0 aliphatic carbocycles. The highest BCUT2D eigenvalue weighted by molar-refractivity contribution is 6.23. The normalized spacial score (nSPS) is 12.0. The molecule has 0 fully saturated rings. The van der Waals surface area contributed by atoms with E-state index in [1.54, 1.807) is 0 Å². The molecular weight excluding hydrogens is 486 g/mol. The summed E-state index contributed by atoms with van der Waals surface area (Å²) >= 11 is 0. The first-order chi connectivity index (χ1) is 19.8. The second kappa shape index (κ2) is 8.08. The standard InChI is InChI=1S/C38H23NO/c1-3-11-24(12-4-1)29-22-34(25-13-5-2-6-14-25)39-35-23-37-32(28-17-9-10-18-36(28)40-37)21-31(35)30-19-26-15-7-8-16-27(26)20-33(30)38(29)39/h1-23H. The van der Waals surface area contributed by atoms with Crippen molar-refractivity contribution in [3.8, 4) is 22.4 Å². The van der Waals surface area contributed by atoms with Gasteiger partial charge in [0.05, 0.1) is 16.7 Å². The summed E-state index contributed by atoms with van der Waals surface area (Å²) in [5, 5.41) is 8.51. The summed E-state index contributed by atoms with van der Waals surface area (Å²) in [5.41, 5.74) is 8.98. The van der Waals surface area contributed by atoms with E-state index in [0.29, 0.717) is 0 Å². The number of fused-ring (bicyclic) bond motifs is 10. The van der Waals surface area contributed by atoms with Gasteiger partial charge in [-0.05, 0) is 57.6 Å². The lowest BCUT2D eigenvalue weighted by Gasteiger charge is -2.14. The van der Waals surface area contributed by atoms with Crippen molar-refractivity contribution >= 4 is 59.9 Å². The number of hydrogen-bond acceptors (Lipinski definition) is 1. The summed E-state index contributed by atoms with van der Waals surface area (Å²) in [7, 11) is 0. The highest BCUT2D eigenvalue weighted by Crippen LogP contribution is 2.44. The van der Waals surface area contributed by atoms with E-state index in [2.05, 4.69) is 138 Å². The second-order valence-corrected chi connectivity index (χ2v) is 10.6. The minimum atomic E-state index is 0.907. The average Bonchev–Trinajstić information content (AvgIpc) is 3.59. The summed E-state index contributed by atoms with van der Waals surface area (Å²) in [6, 6.07) is 50.1. The molecule has 3 aromatic heterocycles. The first kappa shape index (κ1) is 21.6. The first-order valence-corrected chi connectivity index (χ1v) is 13.7. The van der Waals surface area contributed by atoms with Crippen molar-refractivity contribution in [2.45, 2.75) is 0 Å². The third-order valence-electron chi connectivity index (χ3n) is 8.32. The van der Waals surface area contributed by atoms with Crippen molar-refractivity contribution in [1.29, 1.82) is 0 Å². The Kier molecular flexibility index (Phi) is 4.36. The Morgan fingerprint density at radius 1 is 0.425 bits per heavy atom. The minimum absolute atomic E-state index is 0.907. The maximum absolute atomic E-state index is 6.42. The number of para-hydroxylation sites is 1. The van der Waals surface area contributed by atoms with Gasteiger partial charge in [-0.2, -0.15) is 0 Å². The quantitative estimate of drug-likeness (QED) is 0.167. The second-order valence-electron chi connectivity index (χ2n) is 10.6. The number of rotatable bonds is 2. The van der Waals surface area contributed by atoms with Gasteiger partial charge in [0.15, 0.2) is 0 Å². The summed E-state index contributed by atoms with van der Waals surface area (Å²) in [4.78, 5) is 0. The van der Waals surface area contributed by atoms with E-state index in [1.807, 2.05) is 6.07 Å². The number of benzene rings is 6. The fraction of sp³-hybridized carbons (Fsp3) is 0. The molecule has 0 saturated carbocycles. The van der Waals surface area contributed by atoms with Crippen LogP contribution in [0.3, 0.4) is 0 Å². The molecule has 9 aromatic rings. The monoisotopic (exact) mass is 509 g/mol. The summed E-state index contributed by atoms with van der Waals surface area (Å²) in [6.07, 6.45) is 0. The molecule has 0 radical (unpaired) electrons. The third-order valence-corrected chi connectivity index (χ3v) is 8.32. The average molecular weight is 510 g/mol. The van der Waals surface area contributed by atoms with Crippen molar-refractivity contribution < 1.29 is 4.42 Å². The zero-order valence-electron chi connectivity index (χ0n) is 21.6. The van der Waals surface area contributed by atoms with Gasteiger partial charge in [0.25, 0.3) is 0 Å². The molecule has 0 amide bonds. The smallest absolute Gasteiger partial charge is 0.137 e. The van der Waals surface area contributed by atoms with E-state index < -0.39 is 0 Å². The predicted octanol–water partition coefficient (Wildman–Crippen LogP) is 10.6. The van der Waals surface area contributed by atoms with Crippen LogP contribution in [0.1, 0.15) is 0 Å². The Hall–Kier alpha value is -5.34. The Labute approximate surface area is 230 Å². The summed E-state index contributed by atoms with van der Waals surface area (Å²) in [5.74, 6) is 0. The van der Waals surface area contributed by atoms with Gasteiger partial charge in [-0.1, -0.05) is 103 Å². The Bertz CT molecular complexity index is 2410. The first-order valence-electron chi connectivity index (χ1n) is 13.7. The van der Waals surface area contributed by atoms with Crippen LogP contribution in [0.4, 0.5) is 0 Å². The van der Waals surface area contributed by atoms with Crippen LogP contribution in [0.15, 0.2) is 144 Å². The number of pyridine rings is 1. The van der Waals surface area contributed by atoms with Crippen LogP contribution in [-0.2, 0) is 0 Å². The molecule has 0 aliphatic rings. The lowest BCUT2D eigenvalue weighted by molar-refractivity contribution is 0.669. The van der Waals surface area contributed by atoms with Crippen LogP contribution >= 0.6 is 0 Å². The van der Waals surface area contributed by atoms with E-state index in [-0.39, 0.29) is 0 Å². The largest absolute Gasteiger partial charge is 0.456 e. The zero-order valence-corrected chi connectivity index (χ0v) is 21.6. The van der Waals surface area contributed by atoms with Gasteiger partial charge in [0, 0.05) is 33.2 Å². The van der Waals surface area contributed by atoms with Crippen LogP contribution < -0.4 is 0 Å². The molecular formula is C38H23NO. The molecule has 40 heavy (non-hydrogen) atoms. The number of furan rings is 1. The van der Waals surface area contributed by atoms with Gasteiger partial charge in [0.1, 0.15) is 11.2 Å². The van der Waals surface area contributed by atoms with Crippen molar-refractivity contribution in [2.75, 3.05) is 0 Å². The van der Waals surface area contributed by atoms with E-state index in [4.69, 9.17) is 4.42 Å². The van der Waals surface area contributed by atoms with Crippen molar-refractivity contribution in [2.24, 2.45) is 0 Å². The summed E-state index contributed by atoms with van der Waals surface area (Å²) < 4.78 is 8.87. The van der Waals surface area contributed by atoms with Gasteiger partial charge in [0.2, 0.25) is 0 Å². The Morgan fingerprint density at radius 3 is 1.85 bits per heavy atom. The molecule has 3 heterocycles.